The monoisotopic (exact) mass is 318 g/mol. The second-order valence-corrected chi connectivity index (χ2v) is 5.69. The van der Waals surface area contributed by atoms with E-state index in [9.17, 15) is 14.4 Å². The van der Waals surface area contributed by atoms with E-state index >= 15 is 0 Å². The van der Waals surface area contributed by atoms with Crippen LogP contribution in [-0.2, 0) is 6.42 Å². The highest BCUT2D eigenvalue weighted by Crippen LogP contribution is 2.22. The van der Waals surface area contributed by atoms with Gasteiger partial charge in [0.15, 0.2) is 5.78 Å². The molecule has 0 bridgehead atoms. The smallest absolute Gasteiger partial charge is 0.268 e. The molecule has 0 aromatic carbocycles. The van der Waals surface area contributed by atoms with Crippen LogP contribution < -0.4 is 10.9 Å². The number of aromatic nitrogens is 3. The number of rotatable bonds is 6. The van der Waals surface area contributed by atoms with Crippen molar-refractivity contribution in [3.05, 3.63) is 44.6 Å². The summed E-state index contributed by atoms with van der Waals surface area (Å²) in [5.74, 6) is -0.345. The molecule has 1 atom stereocenters. The normalized spacial score (nSPS) is 12.2. The summed E-state index contributed by atoms with van der Waals surface area (Å²) in [6, 6.07) is 1.04. The average Bonchev–Trinajstić information content (AvgIpc) is 3.03. The number of H-pyrrole nitrogens is 3. The van der Waals surface area contributed by atoms with Crippen LogP contribution in [0.15, 0.2) is 10.9 Å². The van der Waals surface area contributed by atoms with E-state index in [0.717, 1.165) is 12.0 Å². The number of amides is 1. The Balaban J connectivity index is 2.30. The summed E-state index contributed by atoms with van der Waals surface area (Å²) in [6.07, 6.45) is 1.48. The maximum Gasteiger partial charge on any atom is 0.268 e. The second kappa shape index (κ2) is 6.68. The Morgan fingerprint density at radius 3 is 2.52 bits per heavy atom. The molecule has 124 valence electrons. The van der Waals surface area contributed by atoms with E-state index in [1.54, 1.807) is 13.8 Å². The highest BCUT2D eigenvalue weighted by atomic mass is 16.2. The Labute approximate surface area is 133 Å². The first-order valence-electron chi connectivity index (χ1n) is 7.66. The van der Waals surface area contributed by atoms with Gasteiger partial charge in [-0.15, -0.1) is 0 Å². The van der Waals surface area contributed by atoms with Gasteiger partial charge in [-0.3, -0.25) is 19.5 Å². The van der Waals surface area contributed by atoms with Crippen LogP contribution in [0.2, 0.25) is 0 Å². The van der Waals surface area contributed by atoms with Gasteiger partial charge >= 0.3 is 0 Å². The van der Waals surface area contributed by atoms with Crippen molar-refractivity contribution in [3.8, 4) is 0 Å². The molecule has 0 aliphatic rings. The first kappa shape index (κ1) is 16.8. The molecule has 0 radical (unpaired) electrons. The molecule has 2 heterocycles. The summed E-state index contributed by atoms with van der Waals surface area (Å²) >= 11 is 0. The third-order valence-electron chi connectivity index (χ3n) is 3.80. The second-order valence-electron chi connectivity index (χ2n) is 5.69. The topological polar surface area (TPSA) is 111 Å². The van der Waals surface area contributed by atoms with Crippen LogP contribution in [-0.4, -0.2) is 26.9 Å². The minimum Gasteiger partial charge on any atom is -0.354 e. The minimum atomic E-state index is -0.361. The van der Waals surface area contributed by atoms with Gasteiger partial charge in [0.25, 0.3) is 11.5 Å². The van der Waals surface area contributed by atoms with Crippen molar-refractivity contribution in [1.82, 2.24) is 20.5 Å². The van der Waals surface area contributed by atoms with E-state index in [0.29, 0.717) is 29.1 Å². The molecule has 0 saturated heterocycles. The van der Waals surface area contributed by atoms with E-state index in [2.05, 4.69) is 20.5 Å². The third kappa shape index (κ3) is 3.44. The molecule has 0 fully saturated rings. The zero-order valence-corrected chi connectivity index (χ0v) is 13.8. The van der Waals surface area contributed by atoms with Crippen LogP contribution in [0.4, 0.5) is 0 Å². The molecule has 1 amide bonds. The molecule has 1 unspecified atom stereocenters. The Morgan fingerprint density at radius 1 is 1.30 bits per heavy atom. The molecule has 4 N–H and O–H groups in total. The van der Waals surface area contributed by atoms with Gasteiger partial charge in [0.05, 0.1) is 11.7 Å². The SMILES string of the molecule is CCCc1c(C(=O)NC(C)c2cc(=O)[nH][nH]2)[nH]c(C)c1C(C)=O. The first-order valence-corrected chi connectivity index (χ1v) is 7.66. The highest BCUT2D eigenvalue weighted by molar-refractivity contribution is 6.02. The number of carbonyl (C=O) groups excluding carboxylic acids is 2. The predicted octanol–water partition coefficient (Wildman–Crippen LogP) is 1.99. The standard InChI is InChI=1S/C16H22N4O3/c1-5-6-11-14(10(4)21)9(3)17-15(11)16(23)18-8(2)12-7-13(22)20-19-12/h7-8,17H,5-6H2,1-4H3,(H,18,23)(H2,19,20,22). The molecule has 2 rings (SSSR count). The summed E-state index contributed by atoms with van der Waals surface area (Å²) in [5.41, 5.74) is 2.82. The number of aromatic amines is 3. The van der Waals surface area contributed by atoms with Crippen LogP contribution in [0, 0.1) is 6.92 Å². The zero-order valence-electron chi connectivity index (χ0n) is 13.8. The molecular weight excluding hydrogens is 296 g/mol. The van der Waals surface area contributed by atoms with Crippen LogP contribution in [0.1, 0.15) is 71.0 Å². The van der Waals surface area contributed by atoms with Gasteiger partial charge in [-0.25, -0.2) is 0 Å². The fraction of sp³-hybridized carbons (Fsp3) is 0.438. The number of Topliss-reactive ketones (excluding diaryl/α,β-unsaturated/α-hetero) is 1. The average molecular weight is 318 g/mol. The summed E-state index contributed by atoms with van der Waals surface area (Å²) in [4.78, 5) is 38.6. The molecule has 7 heteroatoms. The number of aryl methyl sites for hydroxylation is 1. The van der Waals surface area contributed by atoms with Crippen LogP contribution in [0.3, 0.4) is 0 Å². The lowest BCUT2D eigenvalue weighted by Gasteiger charge is -2.12. The molecule has 0 aliphatic heterocycles. The molecule has 2 aromatic heterocycles. The number of hydrogen-bond acceptors (Lipinski definition) is 3. The summed E-state index contributed by atoms with van der Waals surface area (Å²) < 4.78 is 0. The predicted molar refractivity (Wildman–Crippen MR) is 86.8 cm³/mol. The van der Waals surface area contributed by atoms with E-state index in [1.165, 1.54) is 13.0 Å². The fourth-order valence-electron chi connectivity index (χ4n) is 2.77. The van der Waals surface area contributed by atoms with Gasteiger partial charge in [0, 0.05) is 17.3 Å². The van der Waals surface area contributed by atoms with E-state index in [1.807, 2.05) is 6.92 Å². The van der Waals surface area contributed by atoms with Crippen molar-refractivity contribution < 1.29 is 9.59 Å². The third-order valence-corrected chi connectivity index (χ3v) is 3.80. The van der Waals surface area contributed by atoms with Gasteiger partial charge in [-0.1, -0.05) is 13.3 Å². The lowest BCUT2D eigenvalue weighted by Crippen LogP contribution is -2.28. The van der Waals surface area contributed by atoms with Crippen molar-refractivity contribution in [2.24, 2.45) is 0 Å². The van der Waals surface area contributed by atoms with Crippen molar-refractivity contribution >= 4 is 11.7 Å². The van der Waals surface area contributed by atoms with Crippen LogP contribution >= 0.6 is 0 Å². The van der Waals surface area contributed by atoms with Gasteiger partial charge in [-0.05, 0) is 32.8 Å². The summed E-state index contributed by atoms with van der Waals surface area (Å²) in [7, 11) is 0. The molecule has 0 saturated carbocycles. The number of hydrogen-bond donors (Lipinski definition) is 4. The van der Waals surface area contributed by atoms with Crippen molar-refractivity contribution in [2.45, 2.75) is 46.6 Å². The lowest BCUT2D eigenvalue weighted by molar-refractivity contribution is 0.0933. The largest absolute Gasteiger partial charge is 0.354 e. The molecule has 7 nitrogen and oxygen atoms in total. The van der Waals surface area contributed by atoms with E-state index < -0.39 is 0 Å². The molecule has 23 heavy (non-hydrogen) atoms. The summed E-state index contributed by atoms with van der Waals surface area (Å²) in [6.45, 7) is 7.07. The Bertz CT molecular complexity index is 782. The Morgan fingerprint density at radius 2 is 2.00 bits per heavy atom. The Hall–Kier alpha value is -2.57. The van der Waals surface area contributed by atoms with E-state index in [4.69, 9.17) is 0 Å². The molecule has 0 aliphatic carbocycles. The maximum absolute atomic E-state index is 12.6. The molecular formula is C16H22N4O3. The maximum atomic E-state index is 12.6. The fourth-order valence-corrected chi connectivity index (χ4v) is 2.77. The van der Waals surface area contributed by atoms with Gasteiger partial charge in [-0.2, -0.15) is 0 Å². The highest BCUT2D eigenvalue weighted by Gasteiger charge is 2.23. The summed E-state index contributed by atoms with van der Waals surface area (Å²) in [5, 5.41) is 7.99. The van der Waals surface area contributed by atoms with Crippen molar-refractivity contribution in [1.29, 1.82) is 0 Å². The molecule has 0 spiro atoms. The van der Waals surface area contributed by atoms with E-state index in [-0.39, 0.29) is 23.3 Å². The van der Waals surface area contributed by atoms with Gasteiger partial charge in [0.2, 0.25) is 0 Å². The quantitative estimate of drug-likeness (QED) is 0.611. The van der Waals surface area contributed by atoms with Gasteiger partial charge in [0.1, 0.15) is 5.69 Å². The number of carbonyl (C=O) groups is 2. The molecule has 2 aromatic rings. The van der Waals surface area contributed by atoms with Crippen LogP contribution in [0.5, 0.6) is 0 Å². The Kier molecular flexibility index (Phi) is 4.88. The number of nitrogens with one attached hydrogen (secondary N) is 4. The lowest BCUT2D eigenvalue weighted by atomic mass is 10.0. The van der Waals surface area contributed by atoms with Gasteiger partial charge < -0.3 is 15.4 Å². The van der Waals surface area contributed by atoms with Crippen molar-refractivity contribution in [3.63, 3.8) is 0 Å². The van der Waals surface area contributed by atoms with Crippen molar-refractivity contribution in [2.75, 3.05) is 0 Å². The first-order chi connectivity index (χ1) is 10.8. The van der Waals surface area contributed by atoms with Crippen LogP contribution in [0.25, 0.3) is 0 Å². The number of ketones is 1. The zero-order chi connectivity index (χ0) is 17.1. The minimum absolute atomic E-state index is 0.0516.